The third kappa shape index (κ3) is 11.1. The van der Waals surface area contributed by atoms with Crippen molar-refractivity contribution in [2.24, 2.45) is 5.73 Å². The smallest absolute Gasteiger partial charge is 0.341 e. The molecule has 1 fully saturated rings. The molecule has 10 nitrogen and oxygen atoms in total. The van der Waals surface area contributed by atoms with Crippen LogP contribution in [-0.4, -0.2) is 52.6 Å². The topological polar surface area (TPSA) is 134 Å². The zero-order valence-electron chi connectivity index (χ0n) is 30.6. The minimum absolute atomic E-state index is 0.0611. The number of ether oxygens (including phenoxy) is 4. The number of carbonyl (C=O) groups is 4. The second-order valence-corrected chi connectivity index (χ2v) is 14.2. The van der Waals surface area contributed by atoms with Gasteiger partial charge >= 0.3 is 23.9 Å². The summed E-state index contributed by atoms with van der Waals surface area (Å²) in [5.74, 6) is -2.49. The molecule has 1 heterocycles. The fourth-order valence-corrected chi connectivity index (χ4v) is 6.26. The van der Waals surface area contributed by atoms with Gasteiger partial charge in [-0.1, -0.05) is 103 Å². The van der Waals surface area contributed by atoms with Crippen molar-refractivity contribution in [3.63, 3.8) is 0 Å². The molecule has 0 radical (unpaired) electrons. The van der Waals surface area contributed by atoms with E-state index in [4.69, 9.17) is 24.7 Å². The Morgan fingerprint density at radius 2 is 1.30 bits per heavy atom. The van der Waals surface area contributed by atoms with Crippen molar-refractivity contribution in [2.45, 2.75) is 90.0 Å². The summed E-state index contributed by atoms with van der Waals surface area (Å²) in [6.07, 6.45) is 1.17. The molecule has 0 aromatic heterocycles. The Morgan fingerprint density at radius 1 is 0.717 bits per heavy atom. The van der Waals surface area contributed by atoms with Gasteiger partial charge in [0.15, 0.2) is 5.66 Å². The fraction of sp³-hybridized carbons (Fsp3) is 0.349. The number of benzene rings is 4. The molecular formula is C43H48N2O8. The molecule has 0 spiro atoms. The van der Waals surface area contributed by atoms with E-state index in [-0.39, 0.29) is 38.2 Å². The number of carbonyl (C=O) groups excluding carboxylic acids is 4. The quantitative estimate of drug-likeness (QED) is 0.105. The Kier molecular flexibility index (Phi) is 13.2. The normalized spacial score (nSPS) is 15.6. The van der Waals surface area contributed by atoms with Gasteiger partial charge in [0.25, 0.3) is 0 Å². The van der Waals surface area contributed by atoms with E-state index in [9.17, 15) is 19.2 Å². The highest BCUT2D eigenvalue weighted by Crippen LogP contribution is 2.31. The molecule has 0 amide bonds. The minimum Gasteiger partial charge on any atom is -0.461 e. The van der Waals surface area contributed by atoms with Crippen molar-refractivity contribution < 1.29 is 38.1 Å². The second-order valence-electron chi connectivity index (χ2n) is 14.2. The van der Waals surface area contributed by atoms with E-state index < -0.39 is 41.2 Å². The van der Waals surface area contributed by atoms with E-state index in [1.54, 1.807) is 37.8 Å². The predicted molar refractivity (Wildman–Crippen MR) is 199 cm³/mol. The largest absolute Gasteiger partial charge is 0.461 e. The van der Waals surface area contributed by atoms with Gasteiger partial charge in [-0.3, -0.25) is 14.5 Å². The molecule has 5 rings (SSSR count). The summed E-state index contributed by atoms with van der Waals surface area (Å²) in [7, 11) is 0. The SMILES string of the molecule is CC(C)(C)OC(=O)c1cc(Cc2ccccc2)ccc1COC(=O)[C@@](N)(CCC(=O)OCc1ccccc1)N1CCC[C@H]1C(=O)OCc1ccccc1. The lowest BCUT2D eigenvalue weighted by Gasteiger charge is -2.39. The number of likely N-dealkylation sites (tertiary alicyclic amines) is 1. The molecule has 1 aliphatic rings. The summed E-state index contributed by atoms with van der Waals surface area (Å²) in [4.78, 5) is 55.6. The average Bonchev–Trinajstić information content (AvgIpc) is 3.66. The molecule has 1 saturated heterocycles. The van der Waals surface area contributed by atoms with Crippen molar-refractivity contribution in [3.8, 4) is 0 Å². The number of nitrogens with two attached hydrogens (primary N) is 1. The lowest BCUT2D eigenvalue weighted by Crippen LogP contribution is -2.65. The van der Waals surface area contributed by atoms with Gasteiger partial charge in [0.2, 0.25) is 0 Å². The summed E-state index contributed by atoms with van der Waals surface area (Å²) in [6.45, 7) is 5.47. The maximum Gasteiger partial charge on any atom is 0.341 e. The van der Waals surface area contributed by atoms with Crippen molar-refractivity contribution in [1.82, 2.24) is 4.90 Å². The van der Waals surface area contributed by atoms with E-state index in [1.807, 2.05) is 97.1 Å². The zero-order valence-corrected chi connectivity index (χ0v) is 30.6. The maximum atomic E-state index is 14.2. The van der Waals surface area contributed by atoms with Gasteiger partial charge in [0.05, 0.1) is 5.56 Å². The summed E-state index contributed by atoms with van der Waals surface area (Å²) >= 11 is 0. The molecule has 2 N–H and O–H groups in total. The molecule has 4 aromatic carbocycles. The first-order chi connectivity index (χ1) is 25.4. The fourth-order valence-electron chi connectivity index (χ4n) is 6.26. The Bertz CT molecular complexity index is 1840. The van der Waals surface area contributed by atoms with Gasteiger partial charge in [0.1, 0.15) is 31.5 Å². The number of rotatable bonds is 15. The molecule has 278 valence electrons. The van der Waals surface area contributed by atoms with Crippen LogP contribution in [0.15, 0.2) is 109 Å². The summed E-state index contributed by atoms with van der Waals surface area (Å²) in [5.41, 5.74) is 8.55. The first-order valence-electron chi connectivity index (χ1n) is 17.9. The number of hydrogen-bond donors (Lipinski definition) is 1. The Labute approximate surface area is 311 Å². The standard InChI is InChI=1S/C43H48N2O8/c1-42(2,3)53-39(47)36-27-34(26-31-14-7-4-8-15-31)21-22-35(36)30-52-41(49)43(44,24-23-38(46)50-28-32-16-9-5-10-17-32)45-25-13-20-37(45)40(48)51-29-33-18-11-6-12-19-33/h4-12,14-19,21-22,27,37H,13,20,23-26,28-30,44H2,1-3H3/t37-,43+/m0/s1. The van der Waals surface area contributed by atoms with Gasteiger partial charge in [-0.2, -0.15) is 0 Å². The molecule has 2 atom stereocenters. The first kappa shape index (κ1) is 38.9. The van der Waals surface area contributed by atoms with E-state index >= 15 is 0 Å². The van der Waals surface area contributed by atoms with Crippen LogP contribution in [0.1, 0.15) is 84.6 Å². The summed E-state index contributed by atoms with van der Waals surface area (Å²) in [6, 6.07) is 32.9. The third-order valence-corrected chi connectivity index (χ3v) is 8.97. The maximum absolute atomic E-state index is 14.2. The third-order valence-electron chi connectivity index (χ3n) is 8.97. The lowest BCUT2D eigenvalue weighted by molar-refractivity contribution is -0.167. The average molecular weight is 721 g/mol. The van der Waals surface area contributed by atoms with E-state index in [0.717, 1.165) is 22.3 Å². The molecule has 0 bridgehead atoms. The molecule has 53 heavy (non-hydrogen) atoms. The summed E-state index contributed by atoms with van der Waals surface area (Å²) in [5, 5.41) is 0. The molecular weight excluding hydrogens is 672 g/mol. The van der Waals surface area contributed by atoms with Gasteiger partial charge < -0.3 is 24.7 Å². The lowest BCUT2D eigenvalue weighted by atomic mass is 9.98. The Balaban J connectivity index is 1.36. The van der Waals surface area contributed by atoms with Crippen molar-refractivity contribution in [3.05, 3.63) is 143 Å². The van der Waals surface area contributed by atoms with Gasteiger partial charge in [0, 0.05) is 24.9 Å². The van der Waals surface area contributed by atoms with Gasteiger partial charge in [-0.15, -0.1) is 0 Å². The van der Waals surface area contributed by atoms with Crippen molar-refractivity contribution >= 4 is 23.9 Å². The minimum atomic E-state index is -1.89. The van der Waals surface area contributed by atoms with Crippen LogP contribution in [0, 0.1) is 0 Å². The zero-order chi connectivity index (χ0) is 37.8. The molecule has 1 aliphatic heterocycles. The van der Waals surface area contributed by atoms with Crippen LogP contribution in [-0.2, 0) is 59.6 Å². The molecule has 0 saturated carbocycles. The summed E-state index contributed by atoms with van der Waals surface area (Å²) < 4.78 is 22.8. The number of esters is 4. The molecule has 10 heteroatoms. The van der Waals surface area contributed by atoms with E-state index in [0.29, 0.717) is 31.4 Å². The highest BCUT2D eigenvalue weighted by atomic mass is 16.6. The van der Waals surface area contributed by atoms with Crippen LogP contribution in [0.4, 0.5) is 0 Å². The first-order valence-corrected chi connectivity index (χ1v) is 17.9. The second kappa shape index (κ2) is 17.9. The molecule has 4 aromatic rings. The Morgan fingerprint density at radius 3 is 1.91 bits per heavy atom. The van der Waals surface area contributed by atoms with E-state index in [1.165, 1.54) is 0 Å². The van der Waals surface area contributed by atoms with Crippen molar-refractivity contribution in [1.29, 1.82) is 0 Å². The molecule has 0 unspecified atom stereocenters. The van der Waals surface area contributed by atoms with Crippen LogP contribution in [0.5, 0.6) is 0 Å². The van der Waals surface area contributed by atoms with Crippen LogP contribution in [0.3, 0.4) is 0 Å². The van der Waals surface area contributed by atoms with E-state index in [2.05, 4.69) is 0 Å². The number of nitrogens with zero attached hydrogens (tertiary/aromatic N) is 1. The molecule has 0 aliphatic carbocycles. The van der Waals surface area contributed by atoms with Crippen LogP contribution >= 0.6 is 0 Å². The predicted octanol–water partition coefficient (Wildman–Crippen LogP) is 6.66. The highest BCUT2D eigenvalue weighted by molar-refractivity contribution is 5.92. The Hall–Kier alpha value is -5.32. The monoisotopic (exact) mass is 720 g/mol. The highest BCUT2D eigenvalue weighted by Gasteiger charge is 2.49. The van der Waals surface area contributed by atoms with Gasteiger partial charge in [-0.05, 0) is 68.4 Å². The van der Waals surface area contributed by atoms with Gasteiger partial charge in [-0.25, -0.2) is 9.59 Å². The van der Waals surface area contributed by atoms with Crippen molar-refractivity contribution in [2.75, 3.05) is 6.54 Å². The van der Waals surface area contributed by atoms with Crippen LogP contribution in [0.2, 0.25) is 0 Å². The van der Waals surface area contributed by atoms with Crippen LogP contribution < -0.4 is 5.73 Å². The number of hydrogen-bond acceptors (Lipinski definition) is 10. The van der Waals surface area contributed by atoms with Crippen LogP contribution in [0.25, 0.3) is 0 Å².